The molecule has 0 aliphatic carbocycles. The Morgan fingerprint density at radius 1 is 1.15 bits per heavy atom. The molecule has 4 heteroatoms. The predicted molar refractivity (Wildman–Crippen MR) is 84.6 cm³/mol. The monoisotopic (exact) mass is 304 g/mol. The van der Waals surface area contributed by atoms with Crippen LogP contribution in [0, 0.1) is 0 Å². The minimum absolute atomic E-state index is 0.148. The maximum atomic E-state index is 6.27. The number of hydrogen-bond donors (Lipinski definition) is 0. The molecular weight excluding hydrogens is 291 g/mol. The smallest absolute Gasteiger partial charge is 0.128 e. The molecule has 0 unspecified atom stereocenters. The molecule has 0 saturated heterocycles. The lowest BCUT2D eigenvalue weighted by atomic mass is 10.2. The molecule has 0 aliphatic rings. The minimum Gasteiger partial charge on any atom is -0.322 e. The van der Waals surface area contributed by atoms with Gasteiger partial charge in [-0.1, -0.05) is 41.9 Å². The normalized spacial score (nSPS) is 12.8. The first-order valence-corrected chi connectivity index (χ1v) is 7.30. The van der Waals surface area contributed by atoms with Crippen LogP contribution in [0.4, 0.5) is 0 Å². The standard InChI is InChI=1S/C16H14Cl2N2/c1-11(17)16-19-14-9-13(18)7-8-15(14)20(16)10-12-5-3-2-4-6-12/h2-9,11H,10H2,1H3/t11-/m0/s1. The largest absolute Gasteiger partial charge is 0.322 e. The predicted octanol–water partition coefficient (Wildman–Crippen LogP) is 5.04. The van der Waals surface area contributed by atoms with Crippen molar-refractivity contribution in [1.29, 1.82) is 0 Å². The minimum atomic E-state index is -0.148. The Bertz CT molecular complexity index is 733. The van der Waals surface area contributed by atoms with Crippen LogP contribution in [0.5, 0.6) is 0 Å². The van der Waals surface area contributed by atoms with E-state index in [1.54, 1.807) is 0 Å². The molecule has 0 fully saturated rings. The lowest BCUT2D eigenvalue weighted by Crippen LogP contribution is -2.05. The molecule has 0 saturated carbocycles. The summed E-state index contributed by atoms with van der Waals surface area (Å²) in [5, 5.41) is 0.542. The van der Waals surface area contributed by atoms with Crippen LogP contribution in [0.25, 0.3) is 11.0 Å². The van der Waals surface area contributed by atoms with Crippen LogP contribution >= 0.6 is 23.2 Å². The Morgan fingerprint density at radius 2 is 1.90 bits per heavy atom. The number of rotatable bonds is 3. The summed E-state index contributed by atoms with van der Waals surface area (Å²) in [6, 6.07) is 16.0. The number of aromatic nitrogens is 2. The molecule has 0 spiro atoms. The number of hydrogen-bond acceptors (Lipinski definition) is 1. The van der Waals surface area contributed by atoms with E-state index in [9.17, 15) is 0 Å². The first kappa shape index (κ1) is 13.5. The third-order valence-corrected chi connectivity index (χ3v) is 3.71. The SMILES string of the molecule is C[C@H](Cl)c1nc2cc(Cl)ccc2n1Cc1ccccc1. The highest BCUT2D eigenvalue weighted by atomic mass is 35.5. The molecule has 1 aromatic heterocycles. The Kier molecular flexibility index (Phi) is 3.68. The van der Waals surface area contributed by atoms with Crippen LogP contribution < -0.4 is 0 Å². The number of fused-ring (bicyclic) bond motifs is 1. The van der Waals surface area contributed by atoms with Crippen molar-refractivity contribution in [2.24, 2.45) is 0 Å². The topological polar surface area (TPSA) is 17.8 Å². The second-order valence-corrected chi connectivity index (χ2v) is 5.88. The maximum Gasteiger partial charge on any atom is 0.128 e. The lowest BCUT2D eigenvalue weighted by molar-refractivity contribution is 0.742. The van der Waals surface area contributed by atoms with Crippen LogP contribution in [0.3, 0.4) is 0 Å². The average molecular weight is 305 g/mol. The fourth-order valence-corrected chi connectivity index (χ4v) is 2.69. The molecule has 3 aromatic rings. The van der Waals surface area contributed by atoms with Gasteiger partial charge in [0.1, 0.15) is 5.82 Å². The molecule has 0 N–H and O–H groups in total. The summed E-state index contributed by atoms with van der Waals surface area (Å²) in [5.74, 6) is 0.868. The molecule has 2 aromatic carbocycles. The van der Waals surface area contributed by atoms with Gasteiger partial charge in [0, 0.05) is 11.6 Å². The maximum absolute atomic E-state index is 6.27. The van der Waals surface area contributed by atoms with Crippen molar-refractivity contribution in [1.82, 2.24) is 9.55 Å². The van der Waals surface area contributed by atoms with E-state index in [0.717, 1.165) is 23.4 Å². The quantitative estimate of drug-likeness (QED) is 0.620. The van der Waals surface area contributed by atoms with Gasteiger partial charge in [0.05, 0.1) is 16.4 Å². The van der Waals surface area contributed by atoms with Crippen molar-refractivity contribution in [3.8, 4) is 0 Å². The van der Waals surface area contributed by atoms with Crippen molar-refractivity contribution < 1.29 is 0 Å². The highest BCUT2D eigenvalue weighted by Crippen LogP contribution is 2.27. The fourth-order valence-electron chi connectivity index (χ4n) is 2.36. The van der Waals surface area contributed by atoms with E-state index in [2.05, 4.69) is 21.7 Å². The van der Waals surface area contributed by atoms with E-state index < -0.39 is 0 Å². The van der Waals surface area contributed by atoms with Crippen LogP contribution in [0.15, 0.2) is 48.5 Å². The second kappa shape index (κ2) is 5.47. The number of halogens is 2. The Morgan fingerprint density at radius 3 is 2.60 bits per heavy atom. The van der Waals surface area contributed by atoms with Crippen molar-refractivity contribution in [3.05, 3.63) is 64.9 Å². The van der Waals surface area contributed by atoms with Crippen molar-refractivity contribution in [3.63, 3.8) is 0 Å². The Hall–Kier alpha value is -1.51. The highest BCUT2D eigenvalue weighted by Gasteiger charge is 2.15. The third kappa shape index (κ3) is 2.54. The van der Waals surface area contributed by atoms with E-state index in [1.807, 2.05) is 43.3 Å². The molecule has 0 radical (unpaired) electrons. The summed E-state index contributed by atoms with van der Waals surface area (Å²) in [6.45, 7) is 2.69. The zero-order valence-corrected chi connectivity index (χ0v) is 12.6. The van der Waals surface area contributed by atoms with Gasteiger partial charge in [-0.05, 0) is 30.7 Å². The summed E-state index contributed by atoms with van der Waals surface area (Å²) in [7, 11) is 0. The van der Waals surface area contributed by atoms with Crippen LogP contribution in [-0.2, 0) is 6.54 Å². The number of nitrogens with zero attached hydrogens (tertiary/aromatic N) is 2. The van der Waals surface area contributed by atoms with Gasteiger partial charge >= 0.3 is 0 Å². The number of alkyl halides is 1. The van der Waals surface area contributed by atoms with Crippen molar-refractivity contribution in [2.75, 3.05) is 0 Å². The van der Waals surface area contributed by atoms with E-state index in [4.69, 9.17) is 23.2 Å². The van der Waals surface area contributed by atoms with Gasteiger partial charge in [-0.2, -0.15) is 0 Å². The summed E-state index contributed by atoms with van der Waals surface area (Å²) >= 11 is 12.3. The van der Waals surface area contributed by atoms with Crippen LogP contribution in [0.1, 0.15) is 23.7 Å². The molecule has 1 atom stereocenters. The zero-order chi connectivity index (χ0) is 14.1. The molecule has 20 heavy (non-hydrogen) atoms. The lowest BCUT2D eigenvalue weighted by Gasteiger charge is -2.10. The summed E-state index contributed by atoms with van der Waals surface area (Å²) in [4.78, 5) is 4.62. The Labute approximate surface area is 128 Å². The highest BCUT2D eigenvalue weighted by molar-refractivity contribution is 6.31. The van der Waals surface area contributed by atoms with Crippen molar-refractivity contribution >= 4 is 34.2 Å². The van der Waals surface area contributed by atoms with Crippen LogP contribution in [0.2, 0.25) is 5.02 Å². The van der Waals surface area contributed by atoms with Crippen LogP contribution in [-0.4, -0.2) is 9.55 Å². The molecule has 3 rings (SSSR count). The van der Waals surface area contributed by atoms with Gasteiger partial charge < -0.3 is 4.57 Å². The molecule has 0 bridgehead atoms. The molecule has 0 amide bonds. The molecule has 2 nitrogen and oxygen atoms in total. The summed E-state index contributed by atoms with van der Waals surface area (Å²) in [5.41, 5.74) is 3.16. The average Bonchev–Trinajstić information content (AvgIpc) is 2.78. The first-order valence-electron chi connectivity index (χ1n) is 6.49. The van der Waals surface area contributed by atoms with E-state index >= 15 is 0 Å². The fraction of sp³-hybridized carbons (Fsp3) is 0.188. The van der Waals surface area contributed by atoms with Gasteiger partial charge in [0.25, 0.3) is 0 Å². The van der Waals surface area contributed by atoms with Gasteiger partial charge in [-0.3, -0.25) is 0 Å². The second-order valence-electron chi connectivity index (χ2n) is 4.79. The zero-order valence-electron chi connectivity index (χ0n) is 11.1. The summed E-state index contributed by atoms with van der Waals surface area (Å²) < 4.78 is 2.15. The molecule has 1 heterocycles. The summed E-state index contributed by atoms with van der Waals surface area (Å²) in [6.07, 6.45) is 0. The van der Waals surface area contributed by atoms with Crippen molar-refractivity contribution in [2.45, 2.75) is 18.8 Å². The van der Waals surface area contributed by atoms with Gasteiger partial charge in [-0.25, -0.2) is 4.98 Å². The molecular formula is C16H14Cl2N2. The van der Waals surface area contributed by atoms with E-state index in [-0.39, 0.29) is 5.38 Å². The van der Waals surface area contributed by atoms with Gasteiger partial charge in [0.2, 0.25) is 0 Å². The molecule has 102 valence electrons. The van der Waals surface area contributed by atoms with Gasteiger partial charge in [-0.15, -0.1) is 11.6 Å². The van der Waals surface area contributed by atoms with E-state index in [1.165, 1.54) is 5.56 Å². The third-order valence-electron chi connectivity index (χ3n) is 3.28. The number of imidazole rings is 1. The van der Waals surface area contributed by atoms with Gasteiger partial charge in [0.15, 0.2) is 0 Å². The molecule has 0 aliphatic heterocycles. The first-order chi connectivity index (χ1) is 9.65. The Balaban J connectivity index is 2.14. The number of benzene rings is 2. The van der Waals surface area contributed by atoms with E-state index in [0.29, 0.717) is 5.02 Å².